The summed E-state index contributed by atoms with van der Waals surface area (Å²) in [4.78, 5) is 33.6. The molecule has 2 aromatic carbocycles. The highest BCUT2D eigenvalue weighted by Gasteiger charge is 2.23. The molecule has 0 bridgehead atoms. The van der Waals surface area contributed by atoms with E-state index in [9.17, 15) is 18.4 Å². The van der Waals surface area contributed by atoms with Crippen molar-refractivity contribution >= 4 is 40.1 Å². The molecule has 1 saturated heterocycles. The maximum atomic E-state index is 12.8. The molecule has 1 aliphatic rings. The molecule has 0 saturated carbocycles. The van der Waals surface area contributed by atoms with Gasteiger partial charge in [-0.1, -0.05) is 11.6 Å². The number of nitrogens with zero attached hydrogens (tertiary/aromatic N) is 2. The van der Waals surface area contributed by atoms with Crippen LogP contribution < -0.4 is 5.32 Å². The predicted octanol–water partition coefficient (Wildman–Crippen LogP) is 4.64. The number of nitrogens with one attached hydrogen (secondary N) is 2. The van der Waals surface area contributed by atoms with Crippen LogP contribution in [0.3, 0.4) is 0 Å². The minimum atomic E-state index is -2.73. The Balaban J connectivity index is 1.61. The Labute approximate surface area is 169 Å². The summed E-state index contributed by atoms with van der Waals surface area (Å²) in [7, 11) is 0. The SMILES string of the molecule is O=C(Nc1cc(Cl)ccc1C(=O)N1CCCC1)c1ccc2nc(C(F)F)[nH]c2c1. The first-order valence-corrected chi connectivity index (χ1v) is 9.48. The zero-order valence-corrected chi connectivity index (χ0v) is 16.0. The fraction of sp³-hybridized carbons (Fsp3) is 0.250. The highest BCUT2D eigenvalue weighted by molar-refractivity contribution is 6.31. The van der Waals surface area contributed by atoms with E-state index in [1.54, 1.807) is 17.0 Å². The third kappa shape index (κ3) is 3.93. The summed E-state index contributed by atoms with van der Waals surface area (Å²) < 4.78 is 25.6. The van der Waals surface area contributed by atoms with E-state index in [4.69, 9.17) is 11.6 Å². The van der Waals surface area contributed by atoms with Crippen molar-refractivity contribution in [1.29, 1.82) is 0 Å². The molecule has 2 amide bonds. The largest absolute Gasteiger partial charge is 0.339 e. The number of carbonyl (C=O) groups excluding carboxylic acids is 2. The van der Waals surface area contributed by atoms with Crippen LogP contribution in [0.25, 0.3) is 11.0 Å². The van der Waals surface area contributed by atoms with Gasteiger partial charge in [-0.2, -0.15) is 0 Å². The summed E-state index contributed by atoms with van der Waals surface area (Å²) in [5, 5.41) is 3.09. The number of fused-ring (bicyclic) bond motifs is 1. The Morgan fingerprint density at radius 3 is 2.62 bits per heavy atom. The number of alkyl halides is 2. The van der Waals surface area contributed by atoms with Gasteiger partial charge in [-0.3, -0.25) is 9.59 Å². The average Bonchev–Trinajstić information content (AvgIpc) is 3.37. The topological polar surface area (TPSA) is 78.1 Å². The van der Waals surface area contributed by atoms with Crippen LogP contribution in [0.2, 0.25) is 5.02 Å². The fourth-order valence-electron chi connectivity index (χ4n) is 3.37. The number of rotatable bonds is 4. The van der Waals surface area contributed by atoms with Crippen LogP contribution in [0.1, 0.15) is 45.8 Å². The summed E-state index contributed by atoms with van der Waals surface area (Å²) >= 11 is 6.06. The van der Waals surface area contributed by atoms with Gasteiger partial charge in [0.25, 0.3) is 18.2 Å². The van der Waals surface area contributed by atoms with Crippen molar-refractivity contribution < 1.29 is 18.4 Å². The van der Waals surface area contributed by atoms with Crippen molar-refractivity contribution in [2.45, 2.75) is 19.3 Å². The second-order valence-electron chi connectivity index (χ2n) is 6.80. The number of hydrogen-bond donors (Lipinski definition) is 2. The maximum absolute atomic E-state index is 12.8. The maximum Gasteiger partial charge on any atom is 0.295 e. The number of H-pyrrole nitrogens is 1. The highest BCUT2D eigenvalue weighted by Crippen LogP contribution is 2.26. The summed E-state index contributed by atoms with van der Waals surface area (Å²) in [6.07, 6.45) is -0.831. The molecule has 2 N–H and O–H groups in total. The fourth-order valence-corrected chi connectivity index (χ4v) is 3.54. The van der Waals surface area contributed by atoms with E-state index in [-0.39, 0.29) is 11.5 Å². The van der Waals surface area contributed by atoms with E-state index in [2.05, 4.69) is 15.3 Å². The van der Waals surface area contributed by atoms with Gasteiger partial charge in [0.05, 0.1) is 22.3 Å². The van der Waals surface area contributed by atoms with Crippen LogP contribution in [0.4, 0.5) is 14.5 Å². The third-order valence-electron chi connectivity index (χ3n) is 4.82. The molecule has 4 rings (SSSR count). The monoisotopic (exact) mass is 418 g/mol. The molecule has 150 valence electrons. The van der Waals surface area contributed by atoms with Crippen LogP contribution in [-0.2, 0) is 0 Å². The number of imidazole rings is 1. The molecule has 2 heterocycles. The molecule has 0 atom stereocenters. The summed E-state index contributed by atoms with van der Waals surface area (Å²) in [5.74, 6) is -1.11. The van der Waals surface area contributed by atoms with Gasteiger partial charge in [0, 0.05) is 23.7 Å². The van der Waals surface area contributed by atoms with Crippen LogP contribution in [0, 0.1) is 0 Å². The first-order chi connectivity index (χ1) is 13.9. The van der Waals surface area contributed by atoms with E-state index < -0.39 is 18.2 Å². The van der Waals surface area contributed by atoms with Crippen LogP contribution in [0.15, 0.2) is 36.4 Å². The van der Waals surface area contributed by atoms with Crippen LogP contribution >= 0.6 is 11.6 Å². The van der Waals surface area contributed by atoms with Gasteiger partial charge in [-0.15, -0.1) is 0 Å². The number of carbonyl (C=O) groups is 2. The molecule has 9 heteroatoms. The molecular weight excluding hydrogens is 402 g/mol. The second kappa shape index (κ2) is 7.79. The third-order valence-corrected chi connectivity index (χ3v) is 5.06. The molecule has 1 aromatic heterocycles. The second-order valence-corrected chi connectivity index (χ2v) is 7.23. The van der Waals surface area contributed by atoms with Gasteiger partial charge in [0.2, 0.25) is 0 Å². The zero-order valence-electron chi connectivity index (χ0n) is 15.2. The van der Waals surface area contributed by atoms with E-state index >= 15 is 0 Å². The van der Waals surface area contributed by atoms with Crippen molar-refractivity contribution in [3.8, 4) is 0 Å². The Kier molecular flexibility index (Phi) is 5.19. The number of likely N-dealkylation sites (tertiary alicyclic amines) is 1. The Morgan fingerprint density at radius 2 is 1.90 bits per heavy atom. The molecular formula is C20H17ClF2N4O2. The van der Waals surface area contributed by atoms with E-state index in [1.165, 1.54) is 24.3 Å². The molecule has 0 radical (unpaired) electrons. The average molecular weight is 419 g/mol. The number of halogens is 3. The van der Waals surface area contributed by atoms with Crippen molar-refractivity contribution in [2.75, 3.05) is 18.4 Å². The molecule has 1 aliphatic heterocycles. The summed E-state index contributed by atoms with van der Waals surface area (Å²) in [5.41, 5.74) is 1.56. The van der Waals surface area contributed by atoms with Crippen molar-refractivity contribution in [1.82, 2.24) is 14.9 Å². The van der Waals surface area contributed by atoms with Gasteiger partial charge in [-0.25, -0.2) is 13.8 Å². The van der Waals surface area contributed by atoms with Gasteiger partial charge < -0.3 is 15.2 Å². The van der Waals surface area contributed by atoms with Gasteiger partial charge in [-0.05, 0) is 49.2 Å². The number of benzene rings is 2. The van der Waals surface area contributed by atoms with E-state index in [0.717, 1.165) is 12.8 Å². The lowest BCUT2D eigenvalue weighted by Gasteiger charge is -2.18. The molecule has 0 spiro atoms. The number of amides is 2. The number of aromatic amines is 1. The molecule has 1 fully saturated rings. The molecule has 0 aliphatic carbocycles. The van der Waals surface area contributed by atoms with E-state index in [0.29, 0.717) is 40.4 Å². The normalized spacial score (nSPS) is 14.0. The van der Waals surface area contributed by atoms with Crippen molar-refractivity contribution in [3.63, 3.8) is 0 Å². The van der Waals surface area contributed by atoms with E-state index in [1.807, 2.05) is 0 Å². The first kappa shape index (κ1) is 19.3. The van der Waals surface area contributed by atoms with Crippen LogP contribution in [0.5, 0.6) is 0 Å². The lowest BCUT2D eigenvalue weighted by atomic mass is 10.1. The smallest absolute Gasteiger partial charge is 0.295 e. The highest BCUT2D eigenvalue weighted by atomic mass is 35.5. The Bertz CT molecular complexity index is 1090. The van der Waals surface area contributed by atoms with Crippen molar-refractivity contribution in [3.05, 3.63) is 58.4 Å². The molecule has 0 unspecified atom stereocenters. The van der Waals surface area contributed by atoms with Gasteiger partial charge in [0.1, 0.15) is 0 Å². The number of aromatic nitrogens is 2. The Morgan fingerprint density at radius 1 is 1.14 bits per heavy atom. The minimum absolute atomic E-state index is 0.167. The Hall–Kier alpha value is -3.00. The first-order valence-electron chi connectivity index (χ1n) is 9.10. The standard InChI is InChI=1S/C20H17ClF2N4O2/c21-12-4-5-13(20(29)27-7-1-2-8-27)15(10-12)26-19(28)11-3-6-14-16(9-11)25-18(24-14)17(22)23/h3-6,9-10,17H,1-2,7-8H2,(H,24,25)(H,26,28). The lowest BCUT2D eigenvalue weighted by Crippen LogP contribution is -2.28. The zero-order chi connectivity index (χ0) is 20.5. The quantitative estimate of drug-likeness (QED) is 0.647. The summed E-state index contributed by atoms with van der Waals surface area (Å²) in [6.45, 7) is 1.36. The molecule has 6 nitrogen and oxygen atoms in total. The van der Waals surface area contributed by atoms with Crippen LogP contribution in [-0.4, -0.2) is 39.8 Å². The summed E-state index contributed by atoms with van der Waals surface area (Å²) in [6, 6.07) is 9.12. The number of anilines is 1. The molecule has 29 heavy (non-hydrogen) atoms. The van der Waals surface area contributed by atoms with Crippen molar-refractivity contribution in [2.24, 2.45) is 0 Å². The van der Waals surface area contributed by atoms with Gasteiger partial charge in [0.15, 0.2) is 5.82 Å². The van der Waals surface area contributed by atoms with Gasteiger partial charge >= 0.3 is 0 Å². The number of hydrogen-bond acceptors (Lipinski definition) is 3. The minimum Gasteiger partial charge on any atom is -0.339 e. The lowest BCUT2D eigenvalue weighted by molar-refractivity contribution is 0.0794. The predicted molar refractivity (Wildman–Crippen MR) is 106 cm³/mol. The molecule has 3 aromatic rings.